The maximum atomic E-state index is 13.3. The number of amides is 1. The quantitative estimate of drug-likeness (QED) is 0.867. The first kappa shape index (κ1) is 19.6. The van der Waals surface area contributed by atoms with Crippen LogP contribution in [0.3, 0.4) is 0 Å². The Balaban J connectivity index is 0.00000208. The number of piperidine rings is 1. The van der Waals surface area contributed by atoms with Crippen LogP contribution in [0.1, 0.15) is 44.1 Å². The van der Waals surface area contributed by atoms with E-state index < -0.39 is 0 Å². The summed E-state index contributed by atoms with van der Waals surface area (Å²) in [4.78, 5) is 15.5. The predicted octanol–water partition coefficient (Wildman–Crippen LogP) is 4.03. The van der Waals surface area contributed by atoms with Gasteiger partial charge in [0.15, 0.2) is 0 Å². The van der Waals surface area contributed by atoms with Crippen molar-refractivity contribution < 1.29 is 4.79 Å². The molecular weight excluding hydrogens is 343 g/mol. The van der Waals surface area contributed by atoms with Gasteiger partial charge in [0.1, 0.15) is 0 Å². The molecule has 0 spiro atoms. The normalized spacial score (nSPS) is 20.7. The Bertz CT molecular complexity index is 533. The molecule has 0 unspecified atom stereocenters. The van der Waals surface area contributed by atoms with Crippen LogP contribution < -0.4 is 5.32 Å². The molecule has 1 aromatic rings. The van der Waals surface area contributed by atoms with Crippen molar-refractivity contribution in [3.63, 3.8) is 0 Å². The topological polar surface area (TPSA) is 32.3 Å². The van der Waals surface area contributed by atoms with E-state index in [2.05, 4.69) is 22.3 Å². The van der Waals surface area contributed by atoms with Crippen LogP contribution in [0.2, 0.25) is 5.02 Å². The van der Waals surface area contributed by atoms with Crippen molar-refractivity contribution in [2.45, 2.75) is 43.9 Å². The Kier molecular flexibility index (Phi) is 6.97. The van der Waals surface area contributed by atoms with E-state index in [0.29, 0.717) is 11.8 Å². The Morgan fingerprint density at radius 3 is 2.33 bits per heavy atom. The molecule has 5 heteroatoms. The third kappa shape index (κ3) is 3.89. The van der Waals surface area contributed by atoms with E-state index >= 15 is 0 Å². The van der Waals surface area contributed by atoms with Gasteiger partial charge in [0.2, 0.25) is 5.91 Å². The van der Waals surface area contributed by atoms with Crippen molar-refractivity contribution in [2.24, 2.45) is 5.92 Å². The van der Waals surface area contributed by atoms with Crippen molar-refractivity contribution in [1.29, 1.82) is 0 Å². The van der Waals surface area contributed by atoms with Crippen molar-refractivity contribution in [2.75, 3.05) is 26.7 Å². The summed E-state index contributed by atoms with van der Waals surface area (Å²) in [6.07, 6.45) is 6.47. The average Bonchev–Trinajstić information content (AvgIpc) is 3.07. The summed E-state index contributed by atoms with van der Waals surface area (Å²) in [7, 11) is 2.01. The van der Waals surface area contributed by atoms with Crippen molar-refractivity contribution in [1.82, 2.24) is 10.2 Å². The molecule has 1 aliphatic heterocycles. The second kappa shape index (κ2) is 8.55. The molecule has 1 aromatic carbocycles. The van der Waals surface area contributed by atoms with Gasteiger partial charge in [-0.1, -0.05) is 36.6 Å². The minimum Gasteiger partial charge on any atom is -0.342 e. The zero-order valence-electron chi connectivity index (χ0n) is 14.4. The summed E-state index contributed by atoms with van der Waals surface area (Å²) in [5.74, 6) is 1.05. The minimum atomic E-state index is -0.305. The van der Waals surface area contributed by atoms with Gasteiger partial charge in [-0.05, 0) is 62.9 Å². The lowest BCUT2D eigenvalue weighted by atomic mass is 9.77. The highest BCUT2D eigenvalue weighted by Gasteiger charge is 2.45. The molecule has 1 aliphatic carbocycles. The van der Waals surface area contributed by atoms with Crippen LogP contribution in [0.25, 0.3) is 0 Å². The van der Waals surface area contributed by atoms with Gasteiger partial charge in [0.05, 0.1) is 5.41 Å². The summed E-state index contributed by atoms with van der Waals surface area (Å²) in [5, 5.41) is 4.00. The third-order valence-corrected chi connectivity index (χ3v) is 5.91. The van der Waals surface area contributed by atoms with E-state index in [1.54, 1.807) is 0 Å². The zero-order valence-corrected chi connectivity index (χ0v) is 16.0. The summed E-state index contributed by atoms with van der Waals surface area (Å²) in [6, 6.07) is 7.95. The Morgan fingerprint density at radius 1 is 1.21 bits per heavy atom. The maximum absolute atomic E-state index is 13.3. The van der Waals surface area contributed by atoms with Gasteiger partial charge < -0.3 is 10.2 Å². The summed E-state index contributed by atoms with van der Waals surface area (Å²) in [5.41, 5.74) is 0.849. The minimum absolute atomic E-state index is 0. The summed E-state index contributed by atoms with van der Waals surface area (Å²) >= 11 is 6.04. The molecule has 24 heavy (non-hydrogen) atoms. The lowest BCUT2D eigenvalue weighted by Crippen LogP contribution is -2.49. The van der Waals surface area contributed by atoms with Crippen molar-refractivity contribution in [3.05, 3.63) is 34.9 Å². The number of halogens is 2. The van der Waals surface area contributed by atoms with Crippen LogP contribution in [0.5, 0.6) is 0 Å². The highest BCUT2D eigenvalue weighted by molar-refractivity contribution is 6.30. The smallest absolute Gasteiger partial charge is 0.233 e. The molecule has 1 heterocycles. The van der Waals surface area contributed by atoms with E-state index in [4.69, 9.17) is 11.6 Å². The van der Waals surface area contributed by atoms with Crippen molar-refractivity contribution >= 4 is 29.9 Å². The standard InChI is InChI=1S/C19H27ClN2O.ClH/c1-21-14-15-8-12-22(13-9-15)18(23)19(10-2-3-11-19)16-4-6-17(20)7-5-16;/h4-7,15,21H,2-3,8-14H2,1H3;1H. The molecular formula is C19H28Cl2N2O. The van der Waals surface area contributed by atoms with E-state index in [-0.39, 0.29) is 17.8 Å². The first-order valence-electron chi connectivity index (χ1n) is 8.86. The zero-order chi connectivity index (χ0) is 16.3. The molecule has 0 radical (unpaired) electrons. The highest BCUT2D eigenvalue weighted by Crippen LogP contribution is 2.43. The number of hydrogen-bond donors (Lipinski definition) is 1. The van der Waals surface area contributed by atoms with Crippen molar-refractivity contribution in [3.8, 4) is 0 Å². The fourth-order valence-electron chi connectivity index (χ4n) is 4.31. The van der Waals surface area contributed by atoms with Crippen LogP contribution in [-0.2, 0) is 10.2 Å². The monoisotopic (exact) mass is 370 g/mol. The summed E-state index contributed by atoms with van der Waals surface area (Å²) < 4.78 is 0. The van der Waals surface area contributed by atoms with Gasteiger partial charge in [0.25, 0.3) is 0 Å². The van der Waals surface area contributed by atoms with Crippen LogP contribution in [0.15, 0.2) is 24.3 Å². The Labute approximate surface area is 156 Å². The van der Waals surface area contributed by atoms with Gasteiger partial charge in [0, 0.05) is 18.1 Å². The Morgan fingerprint density at radius 2 is 1.79 bits per heavy atom. The van der Waals surface area contributed by atoms with Gasteiger partial charge >= 0.3 is 0 Å². The molecule has 1 N–H and O–H groups in total. The number of rotatable bonds is 4. The lowest BCUT2D eigenvalue weighted by Gasteiger charge is -2.39. The molecule has 3 rings (SSSR count). The number of nitrogens with zero attached hydrogens (tertiary/aromatic N) is 1. The second-order valence-corrected chi connectivity index (χ2v) is 7.53. The fourth-order valence-corrected chi connectivity index (χ4v) is 4.43. The molecule has 134 valence electrons. The van der Waals surface area contributed by atoms with E-state index in [9.17, 15) is 4.79 Å². The Hall–Kier alpha value is -0.770. The largest absolute Gasteiger partial charge is 0.342 e. The molecule has 1 saturated heterocycles. The van der Waals surface area contributed by atoms with Gasteiger partial charge in [-0.15, -0.1) is 12.4 Å². The lowest BCUT2D eigenvalue weighted by molar-refractivity contribution is -0.138. The number of nitrogens with one attached hydrogen (secondary N) is 1. The second-order valence-electron chi connectivity index (χ2n) is 7.09. The number of likely N-dealkylation sites (tertiary alicyclic amines) is 1. The molecule has 1 amide bonds. The van der Waals surface area contributed by atoms with E-state index in [1.807, 2.05) is 19.2 Å². The molecule has 0 aromatic heterocycles. The van der Waals surface area contributed by atoms with Crippen LogP contribution in [0, 0.1) is 5.92 Å². The molecule has 1 saturated carbocycles. The number of carbonyl (C=O) groups is 1. The van der Waals surface area contributed by atoms with Gasteiger partial charge in [-0.2, -0.15) is 0 Å². The van der Waals surface area contributed by atoms with Gasteiger partial charge in [-0.25, -0.2) is 0 Å². The number of carbonyl (C=O) groups excluding carboxylic acids is 1. The molecule has 2 fully saturated rings. The molecule has 2 aliphatic rings. The van der Waals surface area contributed by atoms with Crippen LogP contribution in [-0.4, -0.2) is 37.5 Å². The summed E-state index contributed by atoms with van der Waals surface area (Å²) in [6.45, 7) is 2.87. The predicted molar refractivity (Wildman–Crippen MR) is 102 cm³/mol. The SMILES string of the molecule is CNCC1CCN(C(=O)C2(c3ccc(Cl)cc3)CCCC2)CC1.Cl. The maximum Gasteiger partial charge on any atom is 0.233 e. The van der Waals surface area contributed by atoms with Crippen LogP contribution in [0.4, 0.5) is 0 Å². The van der Waals surface area contributed by atoms with Gasteiger partial charge in [-0.3, -0.25) is 4.79 Å². The molecule has 0 atom stereocenters. The third-order valence-electron chi connectivity index (χ3n) is 5.66. The highest BCUT2D eigenvalue weighted by atomic mass is 35.5. The number of benzene rings is 1. The van der Waals surface area contributed by atoms with E-state index in [0.717, 1.165) is 68.7 Å². The van der Waals surface area contributed by atoms with Crippen LogP contribution >= 0.6 is 24.0 Å². The first-order valence-corrected chi connectivity index (χ1v) is 9.23. The number of hydrogen-bond acceptors (Lipinski definition) is 2. The molecule has 0 bridgehead atoms. The first-order chi connectivity index (χ1) is 11.2. The van der Waals surface area contributed by atoms with E-state index in [1.165, 1.54) is 0 Å². The molecule has 3 nitrogen and oxygen atoms in total. The fraction of sp³-hybridized carbons (Fsp3) is 0.632. The average molecular weight is 371 g/mol.